The minimum absolute atomic E-state index is 0.0460. The van der Waals surface area contributed by atoms with Crippen molar-refractivity contribution in [3.05, 3.63) is 0 Å². The highest BCUT2D eigenvalue weighted by atomic mass is 32.2. The van der Waals surface area contributed by atoms with Gasteiger partial charge in [0.1, 0.15) is 6.04 Å². The zero-order valence-corrected chi connectivity index (χ0v) is 12.2. The van der Waals surface area contributed by atoms with Crippen molar-refractivity contribution in [1.29, 1.82) is 0 Å². The van der Waals surface area contributed by atoms with Crippen molar-refractivity contribution < 1.29 is 31.5 Å². The second-order valence-electron chi connectivity index (χ2n) is 4.93. The van der Waals surface area contributed by atoms with Crippen molar-refractivity contribution in [3.63, 3.8) is 0 Å². The number of hydrogen-bond donors (Lipinski definition) is 2. The van der Waals surface area contributed by atoms with Gasteiger partial charge in [0, 0.05) is 19.5 Å². The fourth-order valence-electron chi connectivity index (χ4n) is 2.17. The monoisotopic (exact) mass is 332 g/mol. The Hall–Kier alpha value is -0.870. The van der Waals surface area contributed by atoms with E-state index in [0.717, 1.165) is 4.31 Å². The van der Waals surface area contributed by atoms with Gasteiger partial charge in [0.05, 0.1) is 0 Å². The average Bonchev–Trinajstić information content (AvgIpc) is 2.36. The predicted octanol–water partition coefficient (Wildman–Crippen LogP) is 1.49. The number of aliphatic carboxylic acids is 1. The van der Waals surface area contributed by atoms with E-state index in [0.29, 0.717) is 12.8 Å². The maximum atomic E-state index is 12.0. The summed E-state index contributed by atoms with van der Waals surface area (Å²) >= 11 is 0. The second-order valence-corrected chi connectivity index (χ2v) is 6.64. The number of halogens is 3. The van der Waals surface area contributed by atoms with E-state index in [1.807, 2.05) is 0 Å². The van der Waals surface area contributed by atoms with Crippen molar-refractivity contribution in [3.8, 4) is 0 Å². The summed E-state index contributed by atoms with van der Waals surface area (Å²) in [6.07, 6.45) is -3.90. The Bertz CT molecular complexity index is 453. The molecule has 0 aromatic rings. The van der Waals surface area contributed by atoms with Crippen LogP contribution in [0.4, 0.5) is 13.2 Å². The van der Waals surface area contributed by atoms with E-state index in [1.165, 1.54) is 0 Å². The Morgan fingerprint density at radius 1 is 1.29 bits per heavy atom. The first-order valence-corrected chi connectivity index (χ1v) is 8.13. The summed E-state index contributed by atoms with van der Waals surface area (Å²) in [5.74, 6) is -1.21. The van der Waals surface area contributed by atoms with Crippen LogP contribution in [0, 0.1) is 0 Å². The molecule has 0 aliphatic carbocycles. The number of alkyl halides is 3. The highest BCUT2D eigenvalue weighted by Gasteiger charge is 2.36. The van der Waals surface area contributed by atoms with E-state index in [9.17, 15) is 26.4 Å². The number of hydrogen-bond acceptors (Lipinski definition) is 3. The number of carboxylic acids is 1. The maximum Gasteiger partial charge on any atom is 0.389 e. The van der Waals surface area contributed by atoms with Gasteiger partial charge in [-0.15, -0.1) is 0 Å². The van der Waals surface area contributed by atoms with Gasteiger partial charge in [-0.25, -0.2) is 4.72 Å². The van der Waals surface area contributed by atoms with Gasteiger partial charge in [-0.05, 0) is 32.1 Å². The van der Waals surface area contributed by atoms with Crippen LogP contribution >= 0.6 is 0 Å². The van der Waals surface area contributed by atoms with Gasteiger partial charge in [-0.1, -0.05) is 0 Å². The highest BCUT2D eigenvalue weighted by molar-refractivity contribution is 7.87. The third-order valence-corrected chi connectivity index (χ3v) is 4.84. The van der Waals surface area contributed by atoms with Crippen molar-refractivity contribution in [1.82, 2.24) is 9.03 Å². The van der Waals surface area contributed by atoms with E-state index in [2.05, 4.69) is 4.72 Å². The summed E-state index contributed by atoms with van der Waals surface area (Å²) in [5, 5.41) is 9.01. The average molecular weight is 332 g/mol. The van der Waals surface area contributed by atoms with E-state index < -0.39 is 34.8 Å². The first-order valence-electron chi connectivity index (χ1n) is 6.69. The summed E-state index contributed by atoms with van der Waals surface area (Å²) in [6.45, 7) is -0.0316. The molecule has 10 heteroatoms. The molecule has 1 rings (SSSR count). The zero-order valence-electron chi connectivity index (χ0n) is 11.4. The number of rotatable bonds is 7. The van der Waals surface area contributed by atoms with Crippen LogP contribution in [0.5, 0.6) is 0 Å². The van der Waals surface area contributed by atoms with Gasteiger partial charge in [0.25, 0.3) is 10.2 Å². The molecule has 1 aliphatic rings. The molecule has 1 unspecified atom stereocenters. The predicted molar refractivity (Wildman–Crippen MR) is 68.8 cm³/mol. The molecule has 0 bridgehead atoms. The Kier molecular flexibility index (Phi) is 6.41. The molecule has 0 radical (unpaired) electrons. The molecule has 0 spiro atoms. The first kappa shape index (κ1) is 18.2. The van der Waals surface area contributed by atoms with Gasteiger partial charge >= 0.3 is 12.1 Å². The fraction of sp³-hybridized carbons (Fsp3) is 0.909. The summed E-state index contributed by atoms with van der Waals surface area (Å²) < 4.78 is 62.8. The molecule has 0 saturated carbocycles. The molecule has 1 aliphatic heterocycles. The van der Waals surface area contributed by atoms with Crippen LogP contribution in [0.1, 0.15) is 38.5 Å². The smallest absolute Gasteiger partial charge is 0.389 e. The number of nitrogens with zero attached hydrogens (tertiary/aromatic N) is 1. The molecule has 0 aromatic carbocycles. The van der Waals surface area contributed by atoms with Gasteiger partial charge in [0.2, 0.25) is 0 Å². The molecule has 0 aromatic heterocycles. The molecule has 1 atom stereocenters. The lowest BCUT2D eigenvalue weighted by Gasteiger charge is -2.31. The number of carboxylic acid groups (broad SMARTS) is 1. The van der Waals surface area contributed by atoms with Crippen molar-refractivity contribution >= 4 is 16.2 Å². The van der Waals surface area contributed by atoms with E-state index >= 15 is 0 Å². The molecular formula is C11H19F3N2O4S. The SMILES string of the molecule is O=C(O)C1CCCCN1S(=O)(=O)NCCCCC(F)(F)F. The second kappa shape index (κ2) is 7.41. The van der Waals surface area contributed by atoms with Gasteiger partial charge in [0.15, 0.2) is 0 Å². The summed E-state index contributed by atoms with van der Waals surface area (Å²) in [5.41, 5.74) is 0. The van der Waals surface area contributed by atoms with Crippen LogP contribution in [-0.2, 0) is 15.0 Å². The molecule has 1 saturated heterocycles. The topological polar surface area (TPSA) is 86.7 Å². The summed E-state index contributed by atoms with van der Waals surface area (Å²) in [4.78, 5) is 11.0. The standard InChI is InChI=1S/C11H19F3N2O4S/c12-11(13,14)6-2-3-7-15-21(19,20)16-8-4-1-5-9(16)10(17)18/h9,15H,1-8H2,(H,17,18). The molecule has 21 heavy (non-hydrogen) atoms. The normalized spacial score (nSPS) is 21.4. The highest BCUT2D eigenvalue weighted by Crippen LogP contribution is 2.22. The largest absolute Gasteiger partial charge is 0.480 e. The fourth-order valence-corrected chi connectivity index (χ4v) is 3.64. The van der Waals surface area contributed by atoms with Crippen LogP contribution in [-0.4, -0.2) is 49.1 Å². The molecular weight excluding hydrogens is 313 g/mol. The quantitative estimate of drug-likeness (QED) is 0.692. The minimum Gasteiger partial charge on any atom is -0.480 e. The van der Waals surface area contributed by atoms with Crippen molar-refractivity contribution in [2.75, 3.05) is 13.1 Å². The lowest BCUT2D eigenvalue weighted by molar-refractivity contribution is -0.142. The molecule has 0 amide bonds. The van der Waals surface area contributed by atoms with Crippen LogP contribution in [0.25, 0.3) is 0 Å². The molecule has 2 N–H and O–H groups in total. The minimum atomic E-state index is -4.25. The molecule has 124 valence electrons. The van der Waals surface area contributed by atoms with Gasteiger partial charge < -0.3 is 5.11 Å². The molecule has 6 nitrogen and oxygen atoms in total. The van der Waals surface area contributed by atoms with Gasteiger partial charge in [-0.2, -0.15) is 25.9 Å². The van der Waals surface area contributed by atoms with Crippen molar-refractivity contribution in [2.24, 2.45) is 0 Å². The first-order chi connectivity index (χ1) is 9.63. The summed E-state index contributed by atoms with van der Waals surface area (Å²) in [7, 11) is -3.97. The van der Waals surface area contributed by atoms with E-state index in [1.54, 1.807) is 0 Å². The number of carbonyl (C=O) groups is 1. The third-order valence-electron chi connectivity index (χ3n) is 3.22. The van der Waals surface area contributed by atoms with Crippen LogP contribution in [0.15, 0.2) is 0 Å². The number of piperidine rings is 1. The Balaban J connectivity index is 2.46. The zero-order chi connectivity index (χ0) is 16.1. The lowest BCUT2D eigenvalue weighted by Crippen LogP contribution is -2.52. The van der Waals surface area contributed by atoms with Crippen LogP contribution in [0.2, 0.25) is 0 Å². The molecule has 1 fully saturated rings. The van der Waals surface area contributed by atoms with Crippen molar-refractivity contribution in [2.45, 2.75) is 50.7 Å². The van der Waals surface area contributed by atoms with E-state index in [4.69, 9.17) is 5.11 Å². The molecule has 1 heterocycles. The Labute approximate surface area is 121 Å². The lowest BCUT2D eigenvalue weighted by atomic mass is 10.1. The number of nitrogens with one attached hydrogen (secondary N) is 1. The van der Waals surface area contributed by atoms with Crippen LogP contribution in [0.3, 0.4) is 0 Å². The summed E-state index contributed by atoms with van der Waals surface area (Å²) in [6, 6.07) is -1.11. The third kappa shape index (κ3) is 6.18. The maximum absolute atomic E-state index is 12.0. The number of unbranched alkanes of at least 4 members (excludes halogenated alkanes) is 1. The Morgan fingerprint density at radius 3 is 2.52 bits per heavy atom. The van der Waals surface area contributed by atoms with Crippen LogP contribution < -0.4 is 4.72 Å². The van der Waals surface area contributed by atoms with Gasteiger partial charge in [-0.3, -0.25) is 4.79 Å². The van der Waals surface area contributed by atoms with E-state index in [-0.39, 0.29) is 32.4 Å². The Morgan fingerprint density at radius 2 is 1.95 bits per heavy atom.